The Hall–Kier alpha value is -3.21. The number of amides is 1. The van der Waals surface area contributed by atoms with Gasteiger partial charge < -0.3 is 9.80 Å². The Bertz CT molecular complexity index is 985. The largest absolute Gasteiger partial charge is 0.327 e. The predicted molar refractivity (Wildman–Crippen MR) is 108 cm³/mol. The molecule has 136 valence electrons. The molecule has 2 aromatic carbocycles. The number of nitrogens with zero attached hydrogens (tertiary/aromatic N) is 4. The van der Waals surface area contributed by atoms with Gasteiger partial charge in [-0.3, -0.25) is 4.79 Å². The fourth-order valence-electron chi connectivity index (χ4n) is 3.57. The molecule has 5 heteroatoms. The second-order valence-corrected chi connectivity index (χ2v) is 6.68. The number of fused-ring (bicyclic) bond motifs is 1. The van der Waals surface area contributed by atoms with Crippen LogP contribution in [0.25, 0.3) is 0 Å². The number of aryl methyl sites for hydroxylation is 1. The average molecular weight is 358 g/mol. The normalized spacial score (nSPS) is 12.7. The summed E-state index contributed by atoms with van der Waals surface area (Å²) in [7, 11) is 0. The van der Waals surface area contributed by atoms with Crippen molar-refractivity contribution in [3.05, 3.63) is 77.7 Å². The Balaban J connectivity index is 1.65. The van der Waals surface area contributed by atoms with Crippen LogP contribution in [-0.2, 0) is 6.42 Å². The lowest BCUT2D eigenvalue weighted by Gasteiger charge is -2.23. The maximum Gasteiger partial charge on any atom is 0.277 e. The van der Waals surface area contributed by atoms with Crippen molar-refractivity contribution in [1.82, 2.24) is 9.97 Å². The lowest BCUT2D eigenvalue weighted by Crippen LogP contribution is -2.30. The topological polar surface area (TPSA) is 49.3 Å². The van der Waals surface area contributed by atoms with E-state index in [0.717, 1.165) is 30.2 Å². The van der Waals surface area contributed by atoms with Gasteiger partial charge in [0.2, 0.25) is 0 Å². The van der Waals surface area contributed by atoms with E-state index in [1.165, 1.54) is 17.5 Å². The van der Waals surface area contributed by atoms with E-state index in [0.29, 0.717) is 12.2 Å². The molecule has 0 spiro atoms. The van der Waals surface area contributed by atoms with Gasteiger partial charge in [-0.1, -0.05) is 30.3 Å². The van der Waals surface area contributed by atoms with Crippen LogP contribution < -0.4 is 9.80 Å². The van der Waals surface area contributed by atoms with Crippen LogP contribution in [0.5, 0.6) is 0 Å². The zero-order chi connectivity index (χ0) is 18.8. The molecule has 1 aromatic heterocycles. The molecule has 0 N–H and O–H groups in total. The molecule has 1 aliphatic heterocycles. The van der Waals surface area contributed by atoms with Crippen LogP contribution in [0.3, 0.4) is 0 Å². The molecule has 0 bridgehead atoms. The van der Waals surface area contributed by atoms with Gasteiger partial charge in [0.05, 0.1) is 0 Å². The Labute approximate surface area is 159 Å². The zero-order valence-electron chi connectivity index (χ0n) is 15.6. The van der Waals surface area contributed by atoms with E-state index < -0.39 is 0 Å². The van der Waals surface area contributed by atoms with Crippen molar-refractivity contribution in [2.24, 2.45) is 0 Å². The first kappa shape index (κ1) is 17.2. The third-order valence-electron chi connectivity index (χ3n) is 4.91. The van der Waals surface area contributed by atoms with Crippen LogP contribution in [0.2, 0.25) is 0 Å². The van der Waals surface area contributed by atoms with Crippen molar-refractivity contribution in [3.8, 4) is 0 Å². The summed E-state index contributed by atoms with van der Waals surface area (Å²) in [5.41, 5.74) is 4.85. The van der Waals surface area contributed by atoms with Crippen molar-refractivity contribution < 1.29 is 4.79 Å². The third-order valence-corrected chi connectivity index (χ3v) is 4.91. The van der Waals surface area contributed by atoms with E-state index in [2.05, 4.69) is 53.0 Å². The number of hydrogen-bond acceptors (Lipinski definition) is 4. The summed E-state index contributed by atoms with van der Waals surface area (Å²) in [6.07, 6.45) is 2.35. The molecule has 3 aromatic rings. The first-order valence-electron chi connectivity index (χ1n) is 9.23. The van der Waals surface area contributed by atoms with Gasteiger partial charge in [-0.15, -0.1) is 0 Å². The number of para-hydroxylation sites is 1. The fraction of sp³-hybridized carbons (Fsp3) is 0.227. The highest BCUT2D eigenvalue weighted by Gasteiger charge is 2.26. The maximum absolute atomic E-state index is 13.1. The highest BCUT2D eigenvalue weighted by Crippen LogP contribution is 2.29. The molecule has 2 heterocycles. The number of carbonyl (C=O) groups is 1. The molecule has 0 atom stereocenters. The highest BCUT2D eigenvalue weighted by molar-refractivity contribution is 6.06. The predicted octanol–water partition coefficient (Wildman–Crippen LogP) is 4.15. The van der Waals surface area contributed by atoms with E-state index in [4.69, 9.17) is 0 Å². The molecule has 1 aliphatic rings. The van der Waals surface area contributed by atoms with E-state index in [9.17, 15) is 4.79 Å². The molecule has 1 amide bonds. The maximum atomic E-state index is 13.1. The smallest absolute Gasteiger partial charge is 0.277 e. The summed E-state index contributed by atoms with van der Waals surface area (Å²) in [4.78, 5) is 25.6. The Morgan fingerprint density at radius 1 is 1.11 bits per heavy atom. The van der Waals surface area contributed by atoms with E-state index in [-0.39, 0.29) is 5.91 Å². The molecule has 0 aliphatic carbocycles. The SMILES string of the molecule is CCN(c1cccc(C)c1)c1cc(C(=O)N2CCc3ccccc32)ncn1. The Morgan fingerprint density at radius 2 is 1.96 bits per heavy atom. The van der Waals surface area contributed by atoms with Gasteiger partial charge >= 0.3 is 0 Å². The fourth-order valence-corrected chi connectivity index (χ4v) is 3.57. The molecule has 0 fully saturated rings. The van der Waals surface area contributed by atoms with Gasteiger partial charge in [-0.25, -0.2) is 9.97 Å². The minimum absolute atomic E-state index is 0.0797. The van der Waals surface area contributed by atoms with E-state index in [1.807, 2.05) is 29.2 Å². The van der Waals surface area contributed by atoms with Gasteiger partial charge in [0.15, 0.2) is 0 Å². The average Bonchev–Trinajstić information content (AvgIpc) is 3.12. The van der Waals surface area contributed by atoms with Crippen LogP contribution >= 0.6 is 0 Å². The van der Waals surface area contributed by atoms with Crippen LogP contribution in [0, 0.1) is 6.92 Å². The van der Waals surface area contributed by atoms with E-state index >= 15 is 0 Å². The van der Waals surface area contributed by atoms with Crippen LogP contribution in [0.4, 0.5) is 17.2 Å². The van der Waals surface area contributed by atoms with Crippen molar-refractivity contribution >= 4 is 23.1 Å². The first-order chi connectivity index (χ1) is 13.2. The molecule has 0 unspecified atom stereocenters. The van der Waals surface area contributed by atoms with Crippen LogP contribution in [0.1, 0.15) is 28.5 Å². The first-order valence-corrected chi connectivity index (χ1v) is 9.23. The van der Waals surface area contributed by atoms with Gasteiger partial charge in [0.25, 0.3) is 5.91 Å². The number of rotatable bonds is 4. The molecule has 0 saturated heterocycles. The minimum Gasteiger partial charge on any atom is -0.327 e. The molecular formula is C22H22N4O. The minimum atomic E-state index is -0.0797. The highest BCUT2D eigenvalue weighted by atomic mass is 16.2. The number of carbonyl (C=O) groups excluding carboxylic acids is 1. The lowest BCUT2D eigenvalue weighted by atomic mass is 10.2. The van der Waals surface area contributed by atoms with Crippen LogP contribution in [-0.4, -0.2) is 29.0 Å². The molecule has 4 rings (SSSR count). The van der Waals surface area contributed by atoms with Crippen molar-refractivity contribution in [3.63, 3.8) is 0 Å². The molecule has 5 nitrogen and oxygen atoms in total. The van der Waals surface area contributed by atoms with Crippen LogP contribution in [0.15, 0.2) is 60.9 Å². The number of aromatic nitrogens is 2. The quantitative estimate of drug-likeness (QED) is 0.703. The summed E-state index contributed by atoms with van der Waals surface area (Å²) < 4.78 is 0. The summed E-state index contributed by atoms with van der Waals surface area (Å²) >= 11 is 0. The monoisotopic (exact) mass is 358 g/mol. The second kappa shape index (κ2) is 7.19. The van der Waals surface area contributed by atoms with Crippen molar-refractivity contribution in [2.45, 2.75) is 20.3 Å². The van der Waals surface area contributed by atoms with Crippen molar-refractivity contribution in [1.29, 1.82) is 0 Å². The van der Waals surface area contributed by atoms with Gasteiger partial charge in [-0.2, -0.15) is 0 Å². The summed E-state index contributed by atoms with van der Waals surface area (Å²) in [5, 5.41) is 0. The Kier molecular flexibility index (Phi) is 4.59. The number of benzene rings is 2. The van der Waals surface area contributed by atoms with Gasteiger partial charge in [0, 0.05) is 30.5 Å². The standard InChI is InChI=1S/C22H22N4O/c1-3-25(18-9-6-7-16(2)13-18)21-14-19(23-15-24-21)22(27)26-12-11-17-8-4-5-10-20(17)26/h4-10,13-15H,3,11-12H2,1-2H3. The zero-order valence-corrected chi connectivity index (χ0v) is 15.6. The van der Waals surface area contributed by atoms with Gasteiger partial charge in [0.1, 0.15) is 17.8 Å². The van der Waals surface area contributed by atoms with Gasteiger partial charge in [-0.05, 0) is 49.6 Å². The molecule has 0 radical (unpaired) electrons. The number of anilines is 3. The second-order valence-electron chi connectivity index (χ2n) is 6.68. The number of hydrogen-bond donors (Lipinski definition) is 0. The molecule has 0 saturated carbocycles. The molecular weight excluding hydrogens is 336 g/mol. The lowest BCUT2D eigenvalue weighted by molar-refractivity contribution is 0.0984. The third kappa shape index (κ3) is 3.28. The summed E-state index contributed by atoms with van der Waals surface area (Å²) in [5.74, 6) is 0.651. The van der Waals surface area contributed by atoms with Crippen molar-refractivity contribution in [2.75, 3.05) is 22.9 Å². The Morgan fingerprint density at radius 3 is 2.78 bits per heavy atom. The molecule has 27 heavy (non-hydrogen) atoms. The van der Waals surface area contributed by atoms with E-state index in [1.54, 1.807) is 6.07 Å². The summed E-state index contributed by atoms with van der Waals surface area (Å²) in [6, 6.07) is 18.1. The summed E-state index contributed by atoms with van der Waals surface area (Å²) in [6.45, 7) is 5.58.